The minimum absolute atomic E-state index is 0.675. The van der Waals surface area contributed by atoms with E-state index in [2.05, 4.69) is 25.9 Å². The molecule has 1 heterocycles. The van der Waals surface area contributed by atoms with Crippen molar-refractivity contribution in [2.75, 3.05) is 0 Å². The zero-order valence-electron chi connectivity index (χ0n) is 12.7. The molecule has 0 spiro atoms. The van der Waals surface area contributed by atoms with Crippen LogP contribution in [0.3, 0.4) is 0 Å². The molecule has 5 heteroatoms. The predicted molar refractivity (Wildman–Crippen MR) is 97.6 cm³/mol. The van der Waals surface area contributed by atoms with Gasteiger partial charge in [0.15, 0.2) is 0 Å². The number of carboxylic acids is 1. The number of nitrogens with one attached hydrogen (secondary N) is 1. The molecule has 0 saturated heterocycles. The molecule has 2 N–H and O–H groups in total. The van der Waals surface area contributed by atoms with Gasteiger partial charge < -0.3 is 10.1 Å². The van der Waals surface area contributed by atoms with Gasteiger partial charge in [-0.05, 0) is 33.1 Å². The Morgan fingerprint density at radius 3 is 2.50 bits per heavy atom. The molecule has 0 radical (unpaired) electrons. The van der Waals surface area contributed by atoms with Gasteiger partial charge in [-0.2, -0.15) is 0 Å². The third-order valence-corrected chi connectivity index (χ3v) is 4.10. The van der Waals surface area contributed by atoms with E-state index in [0.717, 1.165) is 38.9 Å². The van der Waals surface area contributed by atoms with E-state index in [1.54, 1.807) is 6.08 Å². The Labute approximate surface area is 148 Å². The lowest BCUT2D eigenvalue weighted by molar-refractivity contribution is -0.131. The number of H-pyrrole nitrogens is 1. The fourth-order valence-electron chi connectivity index (χ4n) is 2.38. The van der Waals surface area contributed by atoms with Crippen molar-refractivity contribution >= 4 is 28.0 Å². The van der Waals surface area contributed by atoms with E-state index in [1.165, 1.54) is 0 Å². The lowest BCUT2D eigenvalue weighted by Crippen LogP contribution is -1.91. The van der Waals surface area contributed by atoms with Gasteiger partial charge in [-0.15, -0.1) is 0 Å². The molecule has 0 saturated carbocycles. The molecule has 24 heavy (non-hydrogen) atoms. The summed E-state index contributed by atoms with van der Waals surface area (Å²) in [6, 6.07) is 17.7. The van der Waals surface area contributed by atoms with Gasteiger partial charge in [0.2, 0.25) is 0 Å². The first-order chi connectivity index (χ1) is 11.6. The van der Waals surface area contributed by atoms with E-state index in [0.29, 0.717) is 6.42 Å². The van der Waals surface area contributed by atoms with Crippen molar-refractivity contribution < 1.29 is 9.90 Å². The number of imidazole rings is 1. The number of hydrogen-bond acceptors (Lipinski definition) is 2. The average molecular weight is 383 g/mol. The summed E-state index contributed by atoms with van der Waals surface area (Å²) in [5.41, 5.74) is 3.91. The van der Waals surface area contributed by atoms with Crippen LogP contribution in [0.2, 0.25) is 0 Å². The summed E-state index contributed by atoms with van der Waals surface area (Å²) in [5.74, 6) is -0.0810. The minimum Gasteiger partial charge on any atom is -0.478 e. The zero-order chi connectivity index (χ0) is 16.9. The Balaban J connectivity index is 1.76. The second-order valence-corrected chi connectivity index (χ2v) is 6.10. The first kappa shape index (κ1) is 16.2. The van der Waals surface area contributed by atoms with E-state index in [9.17, 15) is 4.79 Å². The van der Waals surface area contributed by atoms with Gasteiger partial charge in [-0.25, -0.2) is 9.78 Å². The number of aromatic nitrogens is 2. The first-order valence-electron chi connectivity index (χ1n) is 7.41. The number of rotatable bonds is 5. The van der Waals surface area contributed by atoms with E-state index < -0.39 is 5.97 Å². The van der Waals surface area contributed by atoms with Crippen LogP contribution in [-0.4, -0.2) is 21.0 Å². The molecule has 3 rings (SSSR count). The molecule has 0 unspecified atom stereocenters. The lowest BCUT2D eigenvalue weighted by atomic mass is 10.1. The van der Waals surface area contributed by atoms with Crippen LogP contribution in [0.5, 0.6) is 0 Å². The number of hydrogen-bond donors (Lipinski definition) is 2. The molecule has 0 aliphatic heterocycles. The highest BCUT2D eigenvalue weighted by atomic mass is 79.9. The number of halogens is 1. The molecule has 120 valence electrons. The highest BCUT2D eigenvalue weighted by molar-refractivity contribution is 9.10. The molecule has 0 aliphatic rings. The molecular weight excluding hydrogens is 368 g/mol. The Morgan fingerprint density at radius 1 is 1.12 bits per heavy atom. The summed E-state index contributed by atoms with van der Waals surface area (Å²) in [6.07, 6.45) is 3.38. The van der Waals surface area contributed by atoms with Crippen molar-refractivity contribution in [3.8, 4) is 11.3 Å². The molecule has 0 atom stereocenters. The van der Waals surface area contributed by atoms with E-state index in [4.69, 9.17) is 5.11 Å². The second-order valence-electron chi connectivity index (χ2n) is 5.30. The summed E-state index contributed by atoms with van der Waals surface area (Å²) >= 11 is 3.53. The highest BCUT2D eigenvalue weighted by Gasteiger charge is 2.10. The minimum atomic E-state index is -0.951. The molecule has 2 aromatic carbocycles. The van der Waals surface area contributed by atoms with Gasteiger partial charge in [0, 0.05) is 18.1 Å². The summed E-state index contributed by atoms with van der Waals surface area (Å²) in [7, 11) is 0. The Hall–Kier alpha value is -2.66. The van der Waals surface area contributed by atoms with Crippen LogP contribution in [0.25, 0.3) is 17.3 Å². The van der Waals surface area contributed by atoms with Crippen molar-refractivity contribution in [2.45, 2.75) is 6.42 Å². The van der Waals surface area contributed by atoms with Gasteiger partial charge in [0.05, 0.1) is 0 Å². The molecule has 0 aliphatic carbocycles. The number of benzene rings is 2. The lowest BCUT2D eigenvalue weighted by Gasteiger charge is -1.99. The van der Waals surface area contributed by atoms with Crippen molar-refractivity contribution in [1.29, 1.82) is 0 Å². The average Bonchev–Trinajstić information content (AvgIpc) is 2.95. The van der Waals surface area contributed by atoms with Gasteiger partial charge in [-0.1, -0.05) is 54.6 Å². The summed E-state index contributed by atoms with van der Waals surface area (Å²) in [4.78, 5) is 18.5. The van der Waals surface area contributed by atoms with Crippen LogP contribution < -0.4 is 0 Å². The topological polar surface area (TPSA) is 66.0 Å². The second kappa shape index (κ2) is 7.27. The maximum atomic E-state index is 10.5. The largest absolute Gasteiger partial charge is 0.478 e. The van der Waals surface area contributed by atoms with Crippen LogP contribution in [0.4, 0.5) is 0 Å². The van der Waals surface area contributed by atoms with Crippen molar-refractivity contribution in [3.05, 3.63) is 82.2 Å². The third kappa shape index (κ3) is 4.00. The summed E-state index contributed by atoms with van der Waals surface area (Å²) in [5, 5.41) is 8.64. The van der Waals surface area contributed by atoms with Gasteiger partial charge in [0.25, 0.3) is 0 Å². The van der Waals surface area contributed by atoms with E-state index >= 15 is 0 Å². The Morgan fingerprint density at radius 2 is 1.83 bits per heavy atom. The van der Waals surface area contributed by atoms with Gasteiger partial charge in [0.1, 0.15) is 16.1 Å². The quantitative estimate of drug-likeness (QED) is 0.637. The van der Waals surface area contributed by atoms with E-state index in [-0.39, 0.29) is 0 Å². The maximum Gasteiger partial charge on any atom is 0.328 e. The van der Waals surface area contributed by atoms with Gasteiger partial charge in [-0.3, -0.25) is 0 Å². The molecule has 3 aromatic rings. The van der Waals surface area contributed by atoms with Crippen LogP contribution in [-0.2, 0) is 11.2 Å². The van der Waals surface area contributed by atoms with Crippen LogP contribution in [0.15, 0.2) is 65.3 Å². The van der Waals surface area contributed by atoms with Crippen molar-refractivity contribution in [1.82, 2.24) is 9.97 Å². The first-order valence-corrected chi connectivity index (χ1v) is 8.21. The molecular formula is C19H15BrN2O2. The molecule has 0 amide bonds. The molecule has 0 fully saturated rings. The molecule has 0 bridgehead atoms. The van der Waals surface area contributed by atoms with Gasteiger partial charge >= 0.3 is 5.97 Å². The van der Waals surface area contributed by atoms with Crippen molar-refractivity contribution in [2.24, 2.45) is 0 Å². The fourth-order valence-corrected chi connectivity index (χ4v) is 2.92. The third-order valence-electron chi connectivity index (χ3n) is 3.53. The molecule has 1 aromatic heterocycles. The zero-order valence-corrected chi connectivity index (χ0v) is 14.3. The van der Waals surface area contributed by atoms with Crippen molar-refractivity contribution in [3.63, 3.8) is 0 Å². The maximum absolute atomic E-state index is 10.5. The SMILES string of the molecule is O=C(O)C=Cc1ccc(Cc2nc(-c3ccccc3)c(Br)[nH]2)cc1. The van der Waals surface area contributed by atoms with E-state index in [1.807, 2.05) is 54.6 Å². The van der Waals surface area contributed by atoms with Crippen LogP contribution in [0.1, 0.15) is 17.0 Å². The predicted octanol–water partition coefficient (Wildman–Crippen LogP) is 4.53. The Kier molecular flexibility index (Phi) is 4.91. The normalized spacial score (nSPS) is 11.0. The number of nitrogens with zero attached hydrogens (tertiary/aromatic N) is 1. The van der Waals surface area contributed by atoms with Crippen LogP contribution in [0, 0.1) is 0 Å². The fraction of sp³-hybridized carbons (Fsp3) is 0.0526. The standard InChI is InChI=1S/C19H15BrN2O2/c20-19-18(15-4-2-1-3-5-15)21-16(22-19)12-14-8-6-13(7-9-14)10-11-17(23)24/h1-11H,12H2,(H,21,22)(H,23,24). The smallest absolute Gasteiger partial charge is 0.328 e. The highest BCUT2D eigenvalue weighted by Crippen LogP contribution is 2.26. The summed E-state index contributed by atoms with van der Waals surface area (Å²) < 4.78 is 0.865. The molecule has 4 nitrogen and oxygen atoms in total. The van der Waals surface area contributed by atoms with Crippen LogP contribution >= 0.6 is 15.9 Å². The number of aromatic amines is 1. The Bertz CT molecular complexity index is 868. The number of aliphatic carboxylic acids is 1. The number of carboxylic acid groups (broad SMARTS) is 1. The number of carbonyl (C=O) groups is 1. The summed E-state index contributed by atoms with van der Waals surface area (Å²) in [6.45, 7) is 0. The monoisotopic (exact) mass is 382 g/mol.